The van der Waals surface area contributed by atoms with Crippen molar-refractivity contribution in [2.24, 2.45) is 0 Å². The Labute approximate surface area is 120 Å². The monoisotopic (exact) mass is 267 g/mol. The number of benzene rings is 1. The molecule has 1 aliphatic heterocycles. The zero-order valence-electron chi connectivity index (χ0n) is 11.9. The lowest BCUT2D eigenvalue weighted by atomic mass is 9.97. The van der Waals surface area contributed by atoms with Gasteiger partial charge < -0.3 is 4.90 Å². The molecule has 3 nitrogen and oxygen atoms in total. The van der Waals surface area contributed by atoms with Crippen LogP contribution in [0.1, 0.15) is 17.2 Å². The largest absolute Gasteiger partial charge is 0.304 e. The summed E-state index contributed by atoms with van der Waals surface area (Å²) in [7, 11) is 2.20. The van der Waals surface area contributed by atoms with Crippen LogP contribution in [0.5, 0.6) is 0 Å². The van der Waals surface area contributed by atoms with E-state index in [0.29, 0.717) is 6.04 Å². The highest BCUT2D eigenvalue weighted by Gasteiger charge is 2.24. The van der Waals surface area contributed by atoms with E-state index in [-0.39, 0.29) is 0 Å². The summed E-state index contributed by atoms with van der Waals surface area (Å²) in [5, 5.41) is 0. The number of likely N-dealkylation sites (N-methyl/N-ethyl adjacent to an activating group) is 1. The lowest BCUT2D eigenvalue weighted by molar-refractivity contribution is 0.127. The van der Waals surface area contributed by atoms with E-state index in [1.165, 1.54) is 11.1 Å². The first-order chi connectivity index (χ1) is 9.84. The second kappa shape index (κ2) is 6.16. The molecule has 3 heteroatoms. The first kappa shape index (κ1) is 13.3. The van der Waals surface area contributed by atoms with E-state index in [2.05, 4.69) is 64.3 Å². The third-order valence-electron chi connectivity index (χ3n) is 4.04. The topological polar surface area (TPSA) is 19.4 Å². The van der Waals surface area contributed by atoms with Gasteiger partial charge in [0.1, 0.15) is 0 Å². The van der Waals surface area contributed by atoms with Crippen LogP contribution in [0.15, 0.2) is 54.9 Å². The quantitative estimate of drug-likeness (QED) is 0.851. The molecule has 0 amide bonds. The Bertz CT molecular complexity index is 479. The summed E-state index contributed by atoms with van der Waals surface area (Å²) in [5.74, 6) is 0. The van der Waals surface area contributed by atoms with Gasteiger partial charge >= 0.3 is 0 Å². The average Bonchev–Trinajstić information content (AvgIpc) is 2.52. The van der Waals surface area contributed by atoms with Gasteiger partial charge in [0.2, 0.25) is 0 Å². The highest BCUT2D eigenvalue weighted by molar-refractivity contribution is 5.30. The summed E-state index contributed by atoms with van der Waals surface area (Å²) in [6.07, 6.45) is 3.78. The van der Waals surface area contributed by atoms with Gasteiger partial charge in [-0.15, -0.1) is 0 Å². The van der Waals surface area contributed by atoms with Gasteiger partial charge in [-0.1, -0.05) is 30.3 Å². The molecule has 1 atom stereocenters. The molecule has 20 heavy (non-hydrogen) atoms. The normalized spacial score (nSPS) is 18.9. The second-order valence-corrected chi connectivity index (χ2v) is 5.43. The Kier molecular flexibility index (Phi) is 4.09. The van der Waals surface area contributed by atoms with Gasteiger partial charge in [-0.05, 0) is 30.3 Å². The smallest absolute Gasteiger partial charge is 0.0603 e. The molecule has 1 aliphatic rings. The molecule has 1 saturated heterocycles. The van der Waals surface area contributed by atoms with Crippen LogP contribution >= 0.6 is 0 Å². The van der Waals surface area contributed by atoms with E-state index in [1.807, 2.05) is 12.4 Å². The Morgan fingerprint density at radius 1 is 0.850 bits per heavy atom. The molecule has 1 aromatic heterocycles. The van der Waals surface area contributed by atoms with E-state index < -0.39 is 0 Å². The van der Waals surface area contributed by atoms with Gasteiger partial charge in [0, 0.05) is 38.6 Å². The van der Waals surface area contributed by atoms with Crippen LogP contribution in [0.4, 0.5) is 0 Å². The highest BCUT2D eigenvalue weighted by Crippen LogP contribution is 2.28. The van der Waals surface area contributed by atoms with Crippen LogP contribution in [0.3, 0.4) is 0 Å². The lowest BCUT2D eigenvalue weighted by Gasteiger charge is -2.38. The van der Waals surface area contributed by atoms with Crippen molar-refractivity contribution in [2.45, 2.75) is 6.04 Å². The number of nitrogens with zero attached hydrogens (tertiary/aromatic N) is 3. The van der Waals surface area contributed by atoms with Gasteiger partial charge in [-0.25, -0.2) is 0 Å². The maximum atomic E-state index is 4.15. The van der Waals surface area contributed by atoms with Crippen molar-refractivity contribution in [1.29, 1.82) is 0 Å². The molecule has 1 unspecified atom stereocenters. The minimum atomic E-state index is 0.341. The molecular formula is C17H21N3. The molecule has 0 bridgehead atoms. The molecule has 0 saturated carbocycles. The van der Waals surface area contributed by atoms with Crippen molar-refractivity contribution in [1.82, 2.24) is 14.8 Å². The molecular weight excluding hydrogens is 246 g/mol. The van der Waals surface area contributed by atoms with Crippen molar-refractivity contribution in [2.75, 3.05) is 33.2 Å². The summed E-state index contributed by atoms with van der Waals surface area (Å²) in [4.78, 5) is 9.12. The maximum absolute atomic E-state index is 4.15. The van der Waals surface area contributed by atoms with Crippen molar-refractivity contribution in [3.8, 4) is 0 Å². The molecule has 2 aromatic rings. The van der Waals surface area contributed by atoms with Gasteiger partial charge in [0.25, 0.3) is 0 Å². The SMILES string of the molecule is CN1CCN(C(c2ccccc2)c2ccncc2)CC1. The summed E-state index contributed by atoms with van der Waals surface area (Å²) in [6, 6.07) is 15.4. The zero-order valence-corrected chi connectivity index (χ0v) is 11.9. The van der Waals surface area contributed by atoms with E-state index in [0.717, 1.165) is 26.2 Å². The molecule has 2 heterocycles. The van der Waals surface area contributed by atoms with E-state index >= 15 is 0 Å². The fourth-order valence-electron chi connectivity index (χ4n) is 2.88. The predicted molar refractivity (Wildman–Crippen MR) is 81.6 cm³/mol. The minimum absolute atomic E-state index is 0.341. The van der Waals surface area contributed by atoms with Gasteiger partial charge in [-0.3, -0.25) is 9.88 Å². The van der Waals surface area contributed by atoms with Crippen molar-refractivity contribution < 1.29 is 0 Å². The molecule has 1 aromatic carbocycles. The van der Waals surface area contributed by atoms with Gasteiger partial charge in [-0.2, -0.15) is 0 Å². The minimum Gasteiger partial charge on any atom is -0.304 e. The first-order valence-corrected chi connectivity index (χ1v) is 7.22. The standard InChI is InChI=1S/C17H21N3/c1-19-11-13-20(14-12-19)17(15-5-3-2-4-6-15)16-7-9-18-10-8-16/h2-10,17H,11-14H2,1H3. The van der Waals surface area contributed by atoms with Gasteiger partial charge in [0.15, 0.2) is 0 Å². The average molecular weight is 267 g/mol. The summed E-state index contributed by atoms with van der Waals surface area (Å²) in [5.41, 5.74) is 2.69. The predicted octanol–water partition coefficient (Wildman–Crippen LogP) is 2.42. The molecule has 0 N–H and O–H groups in total. The lowest BCUT2D eigenvalue weighted by Crippen LogP contribution is -2.46. The Balaban J connectivity index is 1.92. The van der Waals surface area contributed by atoms with Crippen LogP contribution in [0.2, 0.25) is 0 Å². The highest BCUT2D eigenvalue weighted by atomic mass is 15.3. The second-order valence-electron chi connectivity index (χ2n) is 5.43. The summed E-state index contributed by atoms with van der Waals surface area (Å²) >= 11 is 0. The number of piperazine rings is 1. The molecule has 0 spiro atoms. The third-order valence-corrected chi connectivity index (χ3v) is 4.04. The number of aromatic nitrogens is 1. The fraction of sp³-hybridized carbons (Fsp3) is 0.353. The number of pyridine rings is 1. The van der Waals surface area contributed by atoms with Gasteiger partial charge in [0.05, 0.1) is 6.04 Å². The number of hydrogen-bond acceptors (Lipinski definition) is 3. The summed E-state index contributed by atoms with van der Waals surface area (Å²) < 4.78 is 0. The van der Waals surface area contributed by atoms with Crippen LogP contribution in [-0.2, 0) is 0 Å². The van der Waals surface area contributed by atoms with Crippen molar-refractivity contribution >= 4 is 0 Å². The van der Waals surface area contributed by atoms with Crippen molar-refractivity contribution in [3.05, 3.63) is 66.0 Å². The maximum Gasteiger partial charge on any atom is 0.0603 e. The molecule has 3 rings (SSSR count). The van der Waals surface area contributed by atoms with E-state index in [9.17, 15) is 0 Å². The Morgan fingerprint density at radius 3 is 2.10 bits per heavy atom. The molecule has 0 radical (unpaired) electrons. The Hall–Kier alpha value is -1.71. The number of rotatable bonds is 3. The number of hydrogen-bond donors (Lipinski definition) is 0. The molecule has 0 aliphatic carbocycles. The van der Waals surface area contributed by atoms with E-state index in [1.54, 1.807) is 0 Å². The molecule has 1 fully saturated rings. The first-order valence-electron chi connectivity index (χ1n) is 7.22. The zero-order chi connectivity index (χ0) is 13.8. The van der Waals surface area contributed by atoms with Crippen LogP contribution < -0.4 is 0 Å². The van der Waals surface area contributed by atoms with Crippen LogP contribution in [0.25, 0.3) is 0 Å². The van der Waals surface area contributed by atoms with Crippen LogP contribution in [-0.4, -0.2) is 48.0 Å². The Morgan fingerprint density at radius 2 is 1.45 bits per heavy atom. The third kappa shape index (κ3) is 2.89. The molecule has 104 valence electrons. The van der Waals surface area contributed by atoms with Crippen molar-refractivity contribution in [3.63, 3.8) is 0 Å². The van der Waals surface area contributed by atoms with E-state index in [4.69, 9.17) is 0 Å². The summed E-state index contributed by atoms with van der Waals surface area (Å²) in [6.45, 7) is 4.49. The fourth-order valence-corrected chi connectivity index (χ4v) is 2.88. The van der Waals surface area contributed by atoms with Crippen LogP contribution in [0, 0.1) is 0 Å².